The molecule has 0 aliphatic carbocycles. The van der Waals surface area contributed by atoms with Gasteiger partial charge in [0, 0.05) is 12.1 Å². The van der Waals surface area contributed by atoms with E-state index in [0.717, 1.165) is 0 Å². The average Bonchev–Trinajstić information content (AvgIpc) is 2.77. The maximum atomic E-state index is 12.4. The van der Waals surface area contributed by atoms with Crippen LogP contribution in [-0.4, -0.2) is 41.9 Å². The van der Waals surface area contributed by atoms with Gasteiger partial charge in [-0.25, -0.2) is 14.6 Å². The molecule has 0 saturated heterocycles. The zero-order valence-electron chi connectivity index (χ0n) is 19.7. The van der Waals surface area contributed by atoms with E-state index in [-0.39, 0.29) is 22.8 Å². The minimum atomic E-state index is -0.754. The van der Waals surface area contributed by atoms with Crippen LogP contribution in [0.15, 0.2) is 43.0 Å². The van der Waals surface area contributed by atoms with Crippen molar-refractivity contribution in [1.82, 2.24) is 10.3 Å². The summed E-state index contributed by atoms with van der Waals surface area (Å²) in [5.41, 5.74) is 0.325. The van der Waals surface area contributed by atoms with Crippen LogP contribution in [0.5, 0.6) is 5.88 Å². The number of nitrogens with zero attached hydrogens (tertiary/aromatic N) is 2. The number of hydrogen-bond acceptors (Lipinski definition) is 8. The maximum Gasteiger partial charge on any atom is 0.411 e. The molecular weight excluding hydrogens is 444 g/mol. The largest absolute Gasteiger partial charge is 0.481 e. The zero-order valence-corrected chi connectivity index (χ0v) is 19.7. The van der Waals surface area contributed by atoms with Gasteiger partial charge in [-0.3, -0.25) is 15.4 Å². The Hall–Kier alpha value is -4.15. The molecule has 0 unspecified atom stereocenters. The number of hydrogen-bond donors (Lipinski definition) is 2. The number of aromatic nitrogens is 1. The van der Waals surface area contributed by atoms with Crippen LogP contribution in [0.1, 0.15) is 38.9 Å². The average molecular weight is 472 g/mol. The van der Waals surface area contributed by atoms with E-state index >= 15 is 0 Å². The molecule has 182 valence electrons. The van der Waals surface area contributed by atoms with E-state index in [1.54, 1.807) is 32.9 Å². The molecule has 0 aliphatic rings. The molecule has 2 aromatic rings. The number of benzene rings is 1. The van der Waals surface area contributed by atoms with Crippen molar-refractivity contribution < 1.29 is 28.7 Å². The summed E-state index contributed by atoms with van der Waals surface area (Å²) in [6.45, 7) is 8.96. The number of amides is 2. The number of nitro groups is 1. The van der Waals surface area contributed by atoms with Gasteiger partial charge in [-0.1, -0.05) is 6.08 Å². The summed E-state index contributed by atoms with van der Waals surface area (Å²) in [6, 6.07) is 6.75. The second-order valence-electron chi connectivity index (χ2n) is 8.15. The molecule has 0 bridgehead atoms. The van der Waals surface area contributed by atoms with Crippen molar-refractivity contribution in [3.05, 3.63) is 58.8 Å². The Morgan fingerprint density at radius 1 is 1.21 bits per heavy atom. The first-order valence-corrected chi connectivity index (χ1v) is 10.3. The lowest BCUT2D eigenvalue weighted by atomic mass is 10.0. The van der Waals surface area contributed by atoms with E-state index < -0.39 is 28.8 Å². The van der Waals surface area contributed by atoms with Crippen LogP contribution in [0.4, 0.5) is 21.0 Å². The highest BCUT2D eigenvalue weighted by Gasteiger charge is 2.24. The Bertz CT molecular complexity index is 1080. The number of nitro benzene ring substituents is 1. The summed E-state index contributed by atoms with van der Waals surface area (Å²) in [6.07, 6.45) is 0.534. The number of pyridine rings is 1. The topological polar surface area (TPSA) is 142 Å². The summed E-state index contributed by atoms with van der Waals surface area (Å²) in [5, 5.41) is 16.9. The fourth-order valence-corrected chi connectivity index (χ4v) is 3.01. The van der Waals surface area contributed by atoms with Crippen molar-refractivity contribution in [2.24, 2.45) is 0 Å². The number of methoxy groups -OCH3 is 2. The molecule has 2 N–H and O–H groups in total. The molecule has 1 aromatic heterocycles. The minimum absolute atomic E-state index is 0.193. The van der Waals surface area contributed by atoms with E-state index in [1.807, 2.05) is 0 Å². The second-order valence-corrected chi connectivity index (χ2v) is 8.15. The Balaban J connectivity index is 2.53. The lowest BCUT2D eigenvalue weighted by molar-refractivity contribution is -0.384. The molecule has 1 atom stereocenters. The fraction of sp³-hybridized carbons (Fsp3) is 0.348. The van der Waals surface area contributed by atoms with Gasteiger partial charge in [-0.05, 0) is 51.0 Å². The Labute approximate surface area is 197 Å². The van der Waals surface area contributed by atoms with Gasteiger partial charge in [0.2, 0.25) is 5.88 Å². The SMILES string of the molecule is C=CC[C@H](NC(=O)OC(C)(C)C)c1cc(-c2ccc(NC(=O)OC)cc2[N+](=O)[O-])cc(OC)n1. The number of anilines is 1. The van der Waals surface area contributed by atoms with Crippen molar-refractivity contribution in [3.8, 4) is 17.0 Å². The van der Waals surface area contributed by atoms with Crippen LogP contribution in [0.3, 0.4) is 0 Å². The number of nitrogens with one attached hydrogen (secondary N) is 2. The van der Waals surface area contributed by atoms with Gasteiger partial charge < -0.3 is 19.5 Å². The van der Waals surface area contributed by atoms with E-state index in [4.69, 9.17) is 9.47 Å². The predicted molar refractivity (Wildman–Crippen MR) is 126 cm³/mol. The monoisotopic (exact) mass is 472 g/mol. The summed E-state index contributed by atoms with van der Waals surface area (Å²) >= 11 is 0. The molecule has 0 radical (unpaired) electrons. The Kier molecular flexibility index (Phi) is 8.54. The fourth-order valence-electron chi connectivity index (χ4n) is 3.01. The highest BCUT2D eigenvalue weighted by molar-refractivity contribution is 5.87. The van der Waals surface area contributed by atoms with Gasteiger partial charge in [0.05, 0.1) is 42.1 Å². The molecule has 0 aliphatic heterocycles. The number of alkyl carbamates (subject to hydrolysis) is 1. The minimum Gasteiger partial charge on any atom is -0.481 e. The first kappa shape index (κ1) is 26.1. The lowest BCUT2D eigenvalue weighted by Crippen LogP contribution is -2.35. The summed E-state index contributed by atoms with van der Waals surface area (Å²) in [7, 11) is 2.60. The molecule has 0 fully saturated rings. The highest BCUT2D eigenvalue weighted by atomic mass is 16.6. The molecule has 1 aromatic carbocycles. The highest BCUT2D eigenvalue weighted by Crippen LogP contribution is 2.35. The smallest absolute Gasteiger partial charge is 0.411 e. The second kappa shape index (κ2) is 11.1. The third kappa shape index (κ3) is 7.19. The standard InChI is InChI=1S/C23H28N4O7/c1-7-8-17(26-22(29)34-23(2,3)4)18-11-14(12-20(25-18)32-5)16-10-9-15(24-21(28)33-6)13-19(16)27(30)31/h7,9-13,17H,1,8H2,2-6H3,(H,24,28)(H,26,29)/t17-/m0/s1. The van der Waals surface area contributed by atoms with Gasteiger partial charge in [0.1, 0.15) is 5.60 Å². The van der Waals surface area contributed by atoms with E-state index in [9.17, 15) is 19.7 Å². The molecule has 11 heteroatoms. The van der Waals surface area contributed by atoms with Crippen molar-refractivity contribution in [1.29, 1.82) is 0 Å². The van der Waals surface area contributed by atoms with Crippen LogP contribution in [0.25, 0.3) is 11.1 Å². The molecule has 1 heterocycles. The molecule has 0 saturated carbocycles. The van der Waals surface area contributed by atoms with E-state index in [1.165, 1.54) is 38.5 Å². The molecular formula is C23H28N4O7. The zero-order chi connectivity index (χ0) is 25.5. The lowest BCUT2D eigenvalue weighted by Gasteiger charge is -2.23. The maximum absolute atomic E-state index is 12.4. The summed E-state index contributed by atoms with van der Waals surface area (Å²) in [5.74, 6) is 0.193. The van der Waals surface area contributed by atoms with Crippen molar-refractivity contribution in [2.45, 2.75) is 38.8 Å². The molecule has 0 spiro atoms. The summed E-state index contributed by atoms with van der Waals surface area (Å²) in [4.78, 5) is 39.5. The first-order chi connectivity index (χ1) is 16.0. The quantitative estimate of drug-likeness (QED) is 0.311. The van der Waals surface area contributed by atoms with Crippen molar-refractivity contribution in [2.75, 3.05) is 19.5 Å². The normalized spacial score (nSPS) is 11.7. The van der Waals surface area contributed by atoms with Crippen LogP contribution in [0.2, 0.25) is 0 Å². The van der Waals surface area contributed by atoms with Crippen LogP contribution < -0.4 is 15.4 Å². The molecule has 2 rings (SSSR count). The number of rotatable bonds is 8. The van der Waals surface area contributed by atoms with Gasteiger partial charge in [0.25, 0.3) is 5.69 Å². The van der Waals surface area contributed by atoms with Gasteiger partial charge in [-0.2, -0.15) is 0 Å². The van der Waals surface area contributed by atoms with E-state index in [2.05, 4.69) is 26.9 Å². The van der Waals surface area contributed by atoms with Crippen molar-refractivity contribution in [3.63, 3.8) is 0 Å². The number of carbonyl (C=O) groups excluding carboxylic acids is 2. The predicted octanol–water partition coefficient (Wildman–Crippen LogP) is 4.99. The third-order valence-electron chi connectivity index (χ3n) is 4.42. The van der Waals surface area contributed by atoms with Gasteiger partial charge in [0.15, 0.2) is 0 Å². The first-order valence-electron chi connectivity index (χ1n) is 10.3. The van der Waals surface area contributed by atoms with Gasteiger partial charge in [-0.15, -0.1) is 6.58 Å². The Morgan fingerprint density at radius 2 is 1.91 bits per heavy atom. The number of carbonyl (C=O) groups is 2. The third-order valence-corrected chi connectivity index (χ3v) is 4.42. The molecule has 2 amide bonds. The van der Waals surface area contributed by atoms with Gasteiger partial charge >= 0.3 is 12.2 Å². The molecule has 11 nitrogen and oxygen atoms in total. The molecule has 34 heavy (non-hydrogen) atoms. The van der Waals surface area contributed by atoms with E-state index in [0.29, 0.717) is 17.7 Å². The van der Waals surface area contributed by atoms with Crippen LogP contribution in [-0.2, 0) is 9.47 Å². The Morgan fingerprint density at radius 3 is 2.47 bits per heavy atom. The van der Waals surface area contributed by atoms with Crippen molar-refractivity contribution >= 4 is 23.6 Å². The number of ether oxygens (including phenoxy) is 3. The summed E-state index contributed by atoms with van der Waals surface area (Å²) < 4.78 is 15.2. The van der Waals surface area contributed by atoms with Crippen LogP contribution in [0, 0.1) is 10.1 Å². The van der Waals surface area contributed by atoms with Crippen LogP contribution >= 0.6 is 0 Å².